The quantitative estimate of drug-likeness (QED) is 0.710. The molecule has 0 radical (unpaired) electrons. The smallest absolute Gasteiger partial charge is 0.0860 e. The number of nitrogens with one attached hydrogen (secondary N) is 1. The van der Waals surface area contributed by atoms with Crippen molar-refractivity contribution in [2.24, 2.45) is 5.92 Å². The highest BCUT2D eigenvalue weighted by atomic mass is 35.5. The molecule has 110 valence electrons. The van der Waals surface area contributed by atoms with E-state index in [1.54, 1.807) is 0 Å². The van der Waals surface area contributed by atoms with Crippen LogP contribution in [0.3, 0.4) is 0 Å². The maximum Gasteiger partial charge on any atom is 0.0860 e. The van der Waals surface area contributed by atoms with Gasteiger partial charge < -0.3 is 10.1 Å². The van der Waals surface area contributed by atoms with Gasteiger partial charge in [-0.1, -0.05) is 25.4 Å². The zero-order valence-electron chi connectivity index (χ0n) is 12.5. The molecule has 1 aromatic heterocycles. The molecular weight excluding hydrogens is 262 g/mol. The first-order chi connectivity index (χ1) is 9.06. The first-order valence-corrected chi connectivity index (χ1v) is 7.44. The first kappa shape index (κ1) is 16.5. The van der Waals surface area contributed by atoms with E-state index in [2.05, 4.69) is 31.2 Å². The van der Waals surface area contributed by atoms with Gasteiger partial charge in [-0.25, -0.2) is 0 Å². The van der Waals surface area contributed by atoms with Crippen molar-refractivity contribution in [3.63, 3.8) is 0 Å². The number of ether oxygens (including phenoxy) is 1. The summed E-state index contributed by atoms with van der Waals surface area (Å²) in [5.74, 6) is 0.702. The van der Waals surface area contributed by atoms with Crippen LogP contribution in [0.4, 0.5) is 0 Å². The van der Waals surface area contributed by atoms with Crippen molar-refractivity contribution in [2.75, 3.05) is 19.8 Å². The molecule has 0 fully saturated rings. The van der Waals surface area contributed by atoms with E-state index in [0.717, 1.165) is 55.7 Å². The highest BCUT2D eigenvalue weighted by Gasteiger charge is 2.11. The van der Waals surface area contributed by atoms with Crippen LogP contribution < -0.4 is 5.32 Å². The van der Waals surface area contributed by atoms with E-state index in [1.807, 2.05) is 11.6 Å². The van der Waals surface area contributed by atoms with Crippen molar-refractivity contribution in [3.8, 4) is 0 Å². The van der Waals surface area contributed by atoms with Crippen LogP contribution in [0.1, 0.15) is 38.6 Å². The Bertz CT molecular complexity index is 377. The van der Waals surface area contributed by atoms with Crippen molar-refractivity contribution in [1.82, 2.24) is 15.1 Å². The molecule has 0 bridgehead atoms. The molecule has 0 unspecified atom stereocenters. The second-order valence-electron chi connectivity index (χ2n) is 5.13. The van der Waals surface area contributed by atoms with Crippen molar-refractivity contribution in [2.45, 2.75) is 47.2 Å². The summed E-state index contributed by atoms with van der Waals surface area (Å²) in [6.45, 7) is 12.4. The van der Waals surface area contributed by atoms with Gasteiger partial charge in [0.25, 0.3) is 0 Å². The average molecular weight is 288 g/mol. The van der Waals surface area contributed by atoms with Crippen molar-refractivity contribution in [1.29, 1.82) is 0 Å². The maximum absolute atomic E-state index is 6.24. The third-order valence-electron chi connectivity index (χ3n) is 3.01. The molecule has 0 atom stereocenters. The molecule has 0 aliphatic rings. The highest BCUT2D eigenvalue weighted by Crippen LogP contribution is 2.19. The molecule has 0 spiro atoms. The van der Waals surface area contributed by atoms with E-state index in [4.69, 9.17) is 16.3 Å². The Morgan fingerprint density at radius 3 is 2.74 bits per heavy atom. The zero-order valence-corrected chi connectivity index (χ0v) is 13.3. The van der Waals surface area contributed by atoms with E-state index >= 15 is 0 Å². The molecule has 0 aromatic carbocycles. The van der Waals surface area contributed by atoms with Gasteiger partial charge in [-0.15, -0.1) is 0 Å². The van der Waals surface area contributed by atoms with Crippen LogP contribution in [0.2, 0.25) is 5.02 Å². The molecule has 0 amide bonds. The van der Waals surface area contributed by atoms with E-state index in [9.17, 15) is 0 Å². The fourth-order valence-corrected chi connectivity index (χ4v) is 2.01. The lowest BCUT2D eigenvalue weighted by Gasteiger charge is -2.09. The molecule has 0 aliphatic heterocycles. The first-order valence-electron chi connectivity index (χ1n) is 7.06. The van der Waals surface area contributed by atoms with Gasteiger partial charge in [0, 0.05) is 26.2 Å². The second-order valence-corrected chi connectivity index (χ2v) is 5.51. The summed E-state index contributed by atoms with van der Waals surface area (Å²) in [6.07, 6.45) is 1.12. The lowest BCUT2D eigenvalue weighted by atomic mass is 10.1. The summed E-state index contributed by atoms with van der Waals surface area (Å²) in [7, 11) is 0. The summed E-state index contributed by atoms with van der Waals surface area (Å²) >= 11 is 6.24. The van der Waals surface area contributed by atoms with Gasteiger partial charge >= 0.3 is 0 Å². The number of nitrogens with zero attached hydrogens (tertiary/aromatic N) is 2. The molecule has 0 saturated carbocycles. The van der Waals surface area contributed by atoms with Crippen LogP contribution in [-0.2, 0) is 17.8 Å². The van der Waals surface area contributed by atoms with Gasteiger partial charge in [0.15, 0.2) is 0 Å². The fraction of sp³-hybridized carbons (Fsp3) is 0.786. The van der Waals surface area contributed by atoms with Gasteiger partial charge in [0.2, 0.25) is 0 Å². The van der Waals surface area contributed by atoms with Gasteiger partial charge in [-0.3, -0.25) is 4.68 Å². The van der Waals surface area contributed by atoms with Crippen LogP contribution in [0.15, 0.2) is 0 Å². The zero-order chi connectivity index (χ0) is 14.3. The van der Waals surface area contributed by atoms with E-state index < -0.39 is 0 Å². The monoisotopic (exact) mass is 287 g/mol. The molecule has 19 heavy (non-hydrogen) atoms. The highest BCUT2D eigenvalue weighted by molar-refractivity contribution is 6.31. The molecule has 1 heterocycles. The van der Waals surface area contributed by atoms with Crippen LogP contribution in [0.25, 0.3) is 0 Å². The van der Waals surface area contributed by atoms with E-state index in [1.165, 1.54) is 0 Å². The van der Waals surface area contributed by atoms with Gasteiger partial charge in [-0.05, 0) is 26.2 Å². The predicted octanol–water partition coefficient (Wildman–Crippen LogP) is 3.02. The number of aromatic nitrogens is 2. The van der Waals surface area contributed by atoms with Crippen molar-refractivity contribution in [3.05, 3.63) is 16.4 Å². The molecule has 0 saturated heterocycles. The third-order valence-corrected chi connectivity index (χ3v) is 3.50. The average Bonchev–Trinajstić information content (AvgIpc) is 2.64. The molecule has 1 N–H and O–H groups in total. The number of rotatable bonds is 9. The summed E-state index contributed by atoms with van der Waals surface area (Å²) in [4.78, 5) is 0. The SMILES string of the molecule is CCn1nc(C)c(Cl)c1CNCCOCCC(C)C. The summed E-state index contributed by atoms with van der Waals surface area (Å²) < 4.78 is 7.51. The fourth-order valence-electron chi connectivity index (χ4n) is 1.81. The van der Waals surface area contributed by atoms with Crippen molar-refractivity contribution >= 4 is 11.6 Å². The molecule has 1 aromatic rings. The van der Waals surface area contributed by atoms with Crippen LogP contribution >= 0.6 is 11.6 Å². The van der Waals surface area contributed by atoms with E-state index in [-0.39, 0.29) is 0 Å². The Hall–Kier alpha value is -0.580. The summed E-state index contributed by atoms with van der Waals surface area (Å²) in [5, 5.41) is 8.51. The van der Waals surface area contributed by atoms with Crippen LogP contribution in [0, 0.1) is 12.8 Å². The van der Waals surface area contributed by atoms with Gasteiger partial charge in [-0.2, -0.15) is 5.10 Å². The van der Waals surface area contributed by atoms with E-state index in [0.29, 0.717) is 5.92 Å². The molecule has 5 heteroatoms. The topological polar surface area (TPSA) is 39.1 Å². The number of hydrogen-bond acceptors (Lipinski definition) is 3. The minimum atomic E-state index is 0.702. The second kappa shape index (κ2) is 8.56. The third kappa shape index (κ3) is 5.51. The lowest BCUT2D eigenvalue weighted by molar-refractivity contribution is 0.125. The standard InChI is InChI=1S/C14H26ClN3O/c1-5-18-13(14(15)12(4)17-18)10-16-7-9-19-8-6-11(2)3/h11,16H,5-10H2,1-4H3. The normalized spacial score (nSPS) is 11.5. The Morgan fingerprint density at radius 2 is 2.11 bits per heavy atom. The largest absolute Gasteiger partial charge is 0.380 e. The summed E-state index contributed by atoms with van der Waals surface area (Å²) in [5.41, 5.74) is 1.96. The van der Waals surface area contributed by atoms with Gasteiger partial charge in [0.05, 0.1) is 23.0 Å². The predicted molar refractivity (Wildman–Crippen MR) is 79.6 cm³/mol. The summed E-state index contributed by atoms with van der Waals surface area (Å²) in [6, 6.07) is 0. The Morgan fingerprint density at radius 1 is 1.37 bits per heavy atom. The minimum absolute atomic E-state index is 0.702. The van der Waals surface area contributed by atoms with Crippen molar-refractivity contribution < 1.29 is 4.74 Å². The Kier molecular flexibility index (Phi) is 7.42. The van der Waals surface area contributed by atoms with Crippen LogP contribution in [0.5, 0.6) is 0 Å². The Balaban J connectivity index is 2.22. The Labute approximate surface area is 121 Å². The molecule has 4 nitrogen and oxygen atoms in total. The number of aryl methyl sites for hydroxylation is 2. The van der Waals surface area contributed by atoms with Gasteiger partial charge in [0.1, 0.15) is 0 Å². The number of hydrogen-bond donors (Lipinski definition) is 1. The maximum atomic E-state index is 6.24. The van der Waals surface area contributed by atoms with Crippen LogP contribution in [-0.4, -0.2) is 29.5 Å². The minimum Gasteiger partial charge on any atom is -0.380 e. The molecular formula is C14H26ClN3O. The lowest BCUT2D eigenvalue weighted by Crippen LogP contribution is -2.21. The molecule has 0 aliphatic carbocycles. The number of halogens is 1. The molecule has 1 rings (SSSR count).